The Balaban J connectivity index is 1.72. The Kier molecular flexibility index (Phi) is 8.45. The summed E-state index contributed by atoms with van der Waals surface area (Å²) in [5, 5.41) is 3.09. The van der Waals surface area contributed by atoms with E-state index in [1.165, 1.54) is 18.2 Å². The van der Waals surface area contributed by atoms with Crippen LogP contribution in [-0.4, -0.2) is 48.6 Å². The van der Waals surface area contributed by atoms with Crippen molar-refractivity contribution >= 4 is 6.03 Å². The summed E-state index contributed by atoms with van der Waals surface area (Å²) in [7, 11) is 2.07. The van der Waals surface area contributed by atoms with E-state index in [1.807, 2.05) is 13.8 Å². The first kappa shape index (κ1) is 24.0. The summed E-state index contributed by atoms with van der Waals surface area (Å²) in [6.07, 6.45) is 1.76. The van der Waals surface area contributed by atoms with E-state index in [0.717, 1.165) is 31.5 Å². The van der Waals surface area contributed by atoms with Crippen LogP contribution in [-0.2, 0) is 13.1 Å². The number of benzene rings is 2. The Hall–Kier alpha value is -2.67. The average molecular weight is 446 g/mol. The first-order chi connectivity index (χ1) is 15.3. The van der Waals surface area contributed by atoms with Crippen LogP contribution in [0.4, 0.5) is 13.6 Å². The lowest BCUT2D eigenvalue weighted by molar-refractivity contribution is 0.175. The molecule has 0 spiro atoms. The van der Waals surface area contributed by atoms with Gasteiger partial charge in [-0.2, -0.15) is 0 Å². The van der Waals surface area contributed by atoms with Gasteiger partial charge in [0.25, 0.3) is 0 Å². The molecule has 0 bridgehead atoms. The molecule has 2 aromatic carbocycles. The lowest BCUT2D eigenvalue weighted by Gasteiger charge is -2.32. The zero-order valence-electron chi connectivity index (χ0n) is 19.1. The van der Waals surface area contributed by atoms with Crippen LogP contribution in [0.25, 0.3) is 0 Å². The summed E-state index contributed by atoms with van der Waals surface area (Å²) in [4.78, 5) is 16.9. The number of rotatable bonds is 8. The largest absolute Gasteiger partial charge is 0.493 e. The van der Waals surface area contributed by atoms with Crippen molar-refractivity contribution in [3.8, 4) is 5.75 Å². The molecule has 3 rings (SSSR count). The molecule has 1 fully saturated rings. The van der Waals surface area contributed by atoms with Crippen LogP contribution < -0.4 is 10.1 Å². The van der Waals surface area contributed by atoms with Gasteiger partial charge in [0, 0.05) is 24.2 Å². The van der Waals surface area contributed by atoms with Crippen molar-refractivity contribution in [3.63, 3.8) is 0 Å². The number of nitrogens with zero attached hydrogens (tertiary/aromatic N) is 2. The maximum atomic E-state index is 14.8. The highest BCUT2D eigenvalue weighted by Crippen LogP contribution is 2.20. The van der Waals surface area contributed by atoms with E-state index in [9.17, 15) is 13.6 Å². The van der Waals surface area contributed by atoms with Crippen LogP contribution in [0.2, 0.25) is 0 Å². The predicted octanol–water partition coefficient (Wildman–Crippen LogP) is 4.81. The predicted molar refractivity (Wildman–Crippen MR) is 121 cm³/mol. The van der Waals surface area contributed by atoms with Gasteiger partial charge in [-0.05, 0) is 62.7 Å². The standard InChI is InChI=1S/C25H33F2N3O2/c1-18(2)17-32-23-9-6-20(24(27)14-23)16-30(15-19-4-7-21(26)8-5-19)25(31)28-22-10-12-29(3)13-11-22/h4-9,14,18,22H,10-13,15-17H2,1-3H3,(H,28,31). The van der Waals surface area contributed by atoms with Gasteiger partial charge in [0.15, 0.2) is 0 Å². The van der Waals surface area contributed by atoms with Gasteiger partial charge in [-0.25, -0.2) is 13.6 Å². The minimum absolute atomic E-state index is 0.0890. The smallest absolute Gasteiger partial charge is 0.318 e. The van der Waals surface area contributed by atoms with Crippen molar-refractivity contribution in [2.75, 3.05) is 26.7 Å². The molecule has 2 aromatic rings. The number of urea groups is 1. The highest BCUT2D eigenvalue weighted by molar-refractivity contribution is 5.74. The minimum atomic E-state index is -0.414. The van der Waals surface area contributed by atoms with Gasteiger partial charge in [-0.3, -0.25) is 0 Å². The molecule has 2 amide bonds. The normalized spacial score (nSPS) is 15.1. The van der Waals surface area contributed by atoms with Gasteiger partial charge in [-0.1, -0.05) is 32.0 Å². The molecule has 0 atom stereocenters. The fourth-order valence-corrected chi connectivity index (χ4v) is 3.64. The maximum absolute atomic E-state index is 14.8. The zero-order valence-corrected chi connectivity index (χ0v) is 19.1. The zero-order chi connectivity index (χ0) is 23.1. The number of hydrogen-bond donors (Lipinski definition) is 1. The van der Waals surface area contributed by atoms with Crippen LogP contribution in [0.3, 0.4) is 0 Å². The molecule has 5 nitrogen and oxygen atoms in total. The van der Waals surface area contributed by atoms with E-state index < -0.39 is 5.82 Å². The summed E-state index contributed by atoms with van der Waals surface area (Å²) in [6.45, 7) is 6.77. The lowest BCUT2D eigenvalue weighted by atomic mass is 10.1. The number of carbonyl (C=O) groups excluding carboxylic acids is 1. The Bertz CT molecular complexity index is 881. The number of piperidine rings is 1. The molecule has 0 aliphatic carbocycles. The molecule has 174 valence electrons. The third-order valence-corrected chi connectivity index (χ3v) is 5.59. The quantitative estimate of drug-likeness (QED) is 0.635. The number of nitrogens with one attached hydrogen (secondary N) is 1. The van der Waals surface area contributed by atoms with Crippen molar-refractivity contribution in [2.45, 2.75) is 45.8 Å². The molecule has 0 saturated carbocycles. The molecular weight excluding hydrogens is 412 g/mol. The number of hydrogen-bond acceptors (Lipinski definition) is 3. The molecule has 0 aromatic heterocycles. The van der Waals surface area contributed by atoms with Gasteiger partial charge in [0.2, 0.25) is 0 Å². The van der Waals surface area contributed by atoms with Crippen LogP contribution in [0.1, 0.15) is 37.8 Å². The molecule has 0 unspecified atom stereocenters. The number of likely N-dealkylation sites (tertiary alicyclic amines) is 1. The number of carbonyl (C=O) groups is 1. The van der Waals surface area contributed by atoms with Gasteiger partial charge in [-0.15, -0.1) is 0 Å². The second kappa shape index (κ2) is 11.3. The van der Waals surface area contributed by atoms with E-state index in [1.54, 1.807) is 29.2 Å². The number of ether oxygens (including phenoxy) is 1. The van der Waals surface area contributed by atoms with Gasteiger partial charge in [0.1, 0.15) is 17.4 Å². The molecule has 1 heterocycles. The number of amides is 2. The van der Waals surface area contributed by atoms with Crippen molar-refractivity contribution in [1.29, 1.82) is 0 Å². The summed E-state index contributed by atoms with van der Waals surface area (Å²) in [5.74, 6) is 0.0644. The van der Waals surface area contributed by atoms with Gasteiger partial charge in [0.05, 0.1) is 13.2 Å². The molecular formula is C25H33F2N3O2. The number of halogens is 2. The third-order valence-electron chi connectivity index (χ3n) is 5.59. The maximum Gasteiger partial charge on any atom is 0.318 e. The van der Waals surface area contributed by atoms with Crippen molar-refractivity contribution in [3.05, 3.63) is 65.2 Å². The van der Waals surface area contributed by atoms with Crippen LogP contribution in [0, 0.1) is 17.6 Å². The molecule has 1 N–H and O–H groups in total. The second-order valence-corrected chi connectivity index (χ2v) is 8.97. The van der Waals surface area contributed by atoms with Gasteiger partial charge >= 0.3 is 6.03 Å². The van der Waals surface area contributed by atoms with E-state index >= 15 is 0 Å². The van der Waals surface area contributed by atoms with E-state index in [-0.39, 0.29) is 31.0 Å². The summed E-state index contributed by atoms with van der Waals surface area (Å²) >= 11 is 0. The van der Waals surface area contributed by atoms with Crippen LogP contribution in [0.15, 0.2) is 42.5 Å². The molecule has 0 radical (unpaired) electrons. The highest BCUT2D eigenvalue weighted by atomic mass is 19.1. The summed E-state index contributed by atoms with van der Waals surface area (Å²) in [5.41, 5.74) is 1.18. The lowest BCUT2D eigenvalue weighted by Crippen LogP contribution is -2.48. The van der Waals surface area contributed by atoms with Crippen LogP contribution >= 0.6 is 0 Å². The highest BCUT2D eigenvalue weighted by Gasteiger charge is 2.23. The Morgan fingerprint density at radius 1 is 1.12 bits per heavy atom. The summed E-state index contributed by atoms with van der Waals surface area (Å²) in [6, 6.07) is 10.6. The topological polar surface area (TPSA) is 44.8 Å². The Morgan fingerprint density at radius 2 is 1.81 bits per heavy atom. The molecule has 32 heavy (non-hydrogen) atoms. The first-order valence-corrected chi connectivity index (χ1v) is 11.2. The SMILES string of the molecule is CC(C)COc1ccc(CN(Cc2ccc(F)cc2)C(=O)NC2CCN(C)CC2)c(F)c1. The van der Waals surface area contributed by atoms with E-state index in [0.29, 0.717) is 23.8 Å². The molecule has 1 saturated heterocycles. The Morgan fingerprint density at radius 3 is 2.44 bits per heavy atom. The molecule has 1 aliphatic rings. The second-order valence-electron chi connectivity index (χ2n) is 8.97. The molecule has 7 heteroatoms. The monoisotopic (exact) mass is 445 g/mol. The van der Waals surface area contributed by atoms with E-state index in [2.05, 4.69) is 17.3 Å². The fourth-order valence-electron chi connectivity index (χ4n) is 3.64. The van der Waals surface area contributed by atoms with Gasteiger partial charge < -0.3 is 19.9 Å². The minimum Gasteiger partial charge on any atom is -0.493 e. The average Bonchev–Trinajstić information content (AvgIpc) is 2.76. The summed E-state index contributed by atoms with van der Waals surface area (Å²) < 4.78 is 33.7. The van der Waals surface area contributed by atoms with Crippen molar-refractivity contribution in [2.24, 2.45) is 5.92 Å². The van der Waals surface area contributed by atoms with Crippen molar-refractivity contribution < 1.29 is 18.3 Å². The fraction of sp³-hybridized carbons (Fsp3) is 0.480. The van der Waals surface area contributed by atoms with Crippen LogP contribution in [0.5, 0.6) is 5.75 Å². The first-order valence-electron chi connectivity index (χ1n) is 11.2. The Labute approximate surface area is 189 Å². The molecule has 1 aliphatic heterocycles. The van der Waals surface area contributed by atoms with E-state index in [4.69, 9.17) is 4.74 Å². The van der Waals surface area contributed by atoms with Crippen molar-refractivity contribution in [1.82, 2.24) is 15.1 Å². The third kappa shape index (κ3) is 7.19.